The van der Waals surface area contributed by atoms with E-state index in [9.17, 15) is 13.2 Å². The highest BCUT2D eigenvalue weighted by atomic mass is 19.4. The summed E-state index contributed by atoms with van der Waals surface area (Å²) in [7, 11) is 1.60. The van der Waals surface area contributed by atoms with Gasteiger partial charge in [-0.3, -0.25) is 0 Å². The van der Waals surface area contributed by atoms with E-state index in [1.54, 1.807) is 7.11 Å². The molecule has 2 N–H and O–H groups in total. The molecule has 3 heterocycles. The number of hydrogen-bond donors (Lipinski definition) is 2. The fraction of sp³-hybridized carbons (Fsp3) is 0.368. The number of nitrogens with zero attached hydrogens (tertiary/aromatic N) is 2. The number of para-hydroxylation sites is 1. The predicted molar refractivity (Wildman–Crippen MR) is 97.2 cm³/mol. The minimum absolute atomic E-state index is 0.129. The molecule has 28 heavy (non-hydrogen) atoms. The molecular weight excluding hydrogens is 373 g/mol. The molecule has 2 aromatic heterocycles. The summed E-state index contributed by atoms with van der Waals surface area (Å²) in [6.45, 7) is 2.32. The Morgan fingerprint density at radius 3 is 2.86 bits per heavy atom. The van der Waals surface area contributed by atoms with Crippen molar-refractivity contribution in [2.24, 2.45) is 0 Å². The van der Waals surface area contributed by atoms with Crippen LogP contribution in [-0.4, -0.2) is 34.3 Å². The van der Waals surface area contributed by atoms with Crippen LogP contribution in [0.15, 0.2) is 36.7 Å². The summed E-state index contributed by atoms with van der Waals surface area (Å²) < 4.78 is 50.6. The number of halogens is 3. The van der Waals surface area contributed by atoms with Crippen molar-refractivity contribution < 1.29 is 22.6 Å². The van der Waals surface area contributed by atoms with Gasteiger partial charge in [0.1, 0.15) is 34.8 Å². The van der Waals surface area contributed by atoms with Crippen molar-refractivity contribution >= 4 is 16.9 Å². The molecule has 0 spiro atoms. The topological polar surface area (TPSA) is 72.1 Å². The number of ether oxygens (including phenoxy) is 2. The average molecular weight is 392 g/mol. The summed E-state index contributed by atoms with van der Waals surface area (Å²) in [6.07, 6.45) is -2.69. The zero-order chi connectivity index (χ0) is 19.9. The molecule has 6 nitrogen and oxygen atoms in total. The number of alkyl halides is 3. The zero-order valence-corrected chi connectivity index (χ0v) is 15.3. The second-order valence-corrected chi connectivity index (χ2v) is 7.09. The number of hydrogen-bond acceptors (Lipinski definition) is 5. The van der Waals surface area contributed by atoms with Crippen molar-refractivity contribution in [1.29, 1.82) is 0 Å². The molecule has 1 aromatic carbocycles. The lowest BCUT2D eigenvalue weighted by Gasteiger charge is -2.40. The van der Waals surface area contributed by atoms with Crippen LogP contribution in [0, 0.1) is 0 Å². The zero-order valence-electron chi connectivity index (χ0n) is 15.3. The van der Waals surface area contributed by atoms with E-state index in [4.69, 9.17) is 9.47 Å². The van der Waals surface area contributed by atoms with Gasteiger partial charge in [-0.15, -0.1) is 0 Å². The fourth-order valence-electron chi connectivity index (χ4n) is 3.61. The standard InChI is InChI=1S/C19H19F3N4O2/c1-18(9-27-2)8-13(11-5-3-4-6-14(11)28-18)25-16-12-7-15(19(20,21)22)26-17(12)24-10-23-16/h3-7,10,13H,8-9H2,1-2H3,(H2,23,24,25,26). The Morgan fingerprint density at radius 1 is 1.32 bits per heavy atom. The Bertz CT molecular complexity index is 1000. The maximum absolute atomic E-state index is 13.1. The van der Waals surface area contributed by atoms with Crippen LogP contribution in [0.2, 0.25) is 0 Å². The van der Waals surface area contributed by atoms with Crippen molar-refractivity contribution in [2.45, 2.75) is 31.2 Å². The third kappa shape index (κ3) is 3.37. The molecule has 0 amide bonds. The maximum Gasteiger partial charge on any atom is 0.431 e. The first-order chi connectivity index (χ1) is 13.3. The Balaban J connectivity index is 1.73. The molecule has 0 saturated heterocycles. The molecule has 0 radical (unpaired) electrons. The smallest absolute Gasteiger partial charge is 0.431 e. The number of anilines is 1. The Kier molecular flexibility index (Phi) is 4.41. The first-order valence-corrected chi connectivity index (χ1v) is 8.73. The number of nitrogens with one attached hydrogen (secondary N) is 2. The van der Waals surface area contributed by atoms with E-state index < -0.39 is 17.5 Å². The van der Waals surface area contributed by atoms with Crippen molar-refractivity contribution in [2.75, 3.05) is 19.0 Å². The van der Waals surface area contributed by atoms with Crippen molar-refractivity contribution in [3.63, 3.8) is 0 Å². The summed E-state index contributed by atoms with van der Waals surface area (Å²) in [5.74, 6) is 1.04. The van der Waals surface area contributed by atoms with Crippen LogP contribution < -0.4 is 10.1 Å². The summed E-state index contributed by atoms with van der Waals surface area (Å²) in [5, 5.41) is 3.57. The maximum atomic E-state index is 13.1. The molecule has 1 aliphatic heterocycles. The molecule has 0 aliphatic carbocycles. The number of fused-ring (bicyclic) bond motifs is 2. The molecule has 0 fully saturated rings. The van der Waals surface area contributed by atoms with Gasteiger partial charge < -0.3 is 19.8 Å². The second kappa shape index (κ2) is 6.66. The van der Waals surface area contributed by atoms with Gasteiger partial charge in [0, 0.05) is 19.1 Å². The lowest BCUT2D eigenvalue weighted by molar-refractivity contribution is -0.140. The number of aromatic nitrogens is 3. The Morgan fingerprint density at radius 2 is 2.11 bits per heavy atom. The largest absolute Gasteiger partial charge is 0.485 e. The van der Waals surface area contributed by atoms with Gasteiger partial charge in [-0.2, -0.15) is 13.2 Å². The minimum Gasteiger partial charge on any atom is -0.485 e. The van der Waals surface area contributed by atoms with E-state index in [1.807, 2.05) is 31.2 Å². The molecule has 2 atom stereocenters. The van der Waals surface area contributed by atoms with Gasteiger partial charge in [-0.05, 0) is 19.1 Å². The van der Waals surface area contributed by atoms with Gasteiger partial charge in [0.05, 0.1) is 18.0 Å². The predicted octanol–water partition coefficient (Wildman–Crippen LogP) is 4.32. The lowest BCUT2D eigenvalue weighted by Crippen LogP contribution is -2.43. The highest BCUT2D eigenvalue weighted by Crippen LogP contribution is 2.42. The quantitative estimate of drug-likeness (QED) is 0.692. The molecule has 3 aromatic rings. The van der Waals surface area contributed by atoms with Gasteiger partial charge in [-0.1, -0.05) is 18.2 Å². The molecule has 0 bridgehead atoms. The molecule has 4 rings (SSSR count). The van der Waals surface area contributed by atoms with Crippen LogP contribution >= 0.6 is 0 Å². The van der Waals surface area contributed by atoms with E-state index in [0.717, 1.165) is 11.6 Å². The van der Waals surface area contributed by atoms with Gasteiger partial charge >= 0.3 is 6.18 Å². The monoisotopic (exact) mass is 392 g/mol. The van der Waals surface area contributed by atoms with Gasteiger partial charge in [0.25, 0.3) is 0 Å². The van der Waals surface area contributed by atoms with Crippen LogP contribution in [0.25, 0.3) is 11.0 Å². The highest BCUT2D eigenvalue weighted by Gasteiger charge is 2.38. The van der Waals surface area contributed by atoms with Gasteiger partial charge in [0.2, 0.25) is 0 Å². The molecular formula is C19H19F3N4O2. The van der Waals surface area contributed by atoms with Crippen molar-refractivity contribution in [3.05, 3.63) is 47.9 Å². The third-order valence-electron chi connectivity index (χ3n) is 4.78. The number of methoxy groups -OCH3 is 1. The molecule has 9 heteroatoms. The number of aromatic amines is 1. The number of rotatable bonds is 4. The van der Waals surface area contributed by atoms with E-state index in [0.29, 0.717) is 24.6 Å². The first-order valence-electron chi connectivity index (χ1n) is 8.73. The van der Waals surface area contributed by atoms with E-state index in [1.165, 1.54) is 6.33 Å². The minimum atomic E-state index is -4.49. The van der Waals surface area contributed by atoms with Crippen LogP contribution in [0.5, 0.6) is 5.75 Å². The fourth-order valence-corrected chi connectivity index (χ4v) is 3.61. The SMILES string of the molecule is COCC1(C)CC(Nc2ncnc3[nH]c(C(F)(F)F)cc23)c2ccccc2O1. The van der Waals surface area contributed by atoms with Gasteiger partial charge in [0.15, 0.2) is 0 Å². The molecule has 148 valence electrons. The second-order valence-electron chi connectivity index (χ2n) is 7.09. The molecule has 2 unspecified atom stereocenters. The number of benzene rings is 1. The van der Waals surface area contributed by atoms with Crippen molar-refractivity contribution in [1.82, 2.24) is 15.0 Å². The average Bonchev–Trinajstić information content (AvgIpc) is 3.07. The highest BCUT2D eigenvalue weighted by molar-refractivity contribution is 5.88. The van der Waals surface area contributed by atoms with E-state index in [2.05, 4.69) is 20.3 Å². The Labute approximate surface area is 159 Å². The Hall–Kier alpha value is -2.81. The normalized spacial score (nSPS) is 22.0. The lowest BCUT2D eigenvalue weighted by atomic mass is 9.89. The van der Waals surface area contributed by atoms with Crippen LogP contribution in [-0.2, 0) is 10.9 Å². The summed E-state index contributed by atoms with van der Waals surface area (Å²) in [4.78, 5) is 10.4. The summed E-state index contributed by atoms with van der Waals surface area (Å²) in [5.41, 5.74) is -0.399. The van der Waals surface area contributed by atoms with Crippen LogP contribution in [0.3, 0.4) is 0 Å². The van der Waals surface area contributed by atoms with Crippen LogP contribution in [0.1, 0.15) is 30.6 Å². The third-order valence-corrected chi connectivity index (χ3v) is 4.78. The summed E-state index contributed by atoms with van der Waals surface area (Å²) in [6, 6.07) is 8.37. The van der Waals surface area contributed by atoms with Crippen molar-refractivity contribution in [3.8, 4) is 5.75 Å². The van der Waals surface area contributed by atoms with Gasteiger partial charge in [-0.25, -0.2) is 9.97 Å². The number of H-pyrrole nitrogens is 1. The van der Waals surface area contributed by atoms with E-state index in [-0.39, 0.29) is 17.1 Å². The molecule has 1 aliphatic rings. The van der Waals surface area contributed by atoms with E-state index >= 15 is 0 Å². The summed E-state index contributed by atoms with van der Waals surface area (Å²) >= 11 is 0. The van der Waals surface area contributed by atoms with Crippen LogP contribution in [0.4, 0.5) is 19.0 Å². The first kappa shape index (κ1) is 18.5. The molecule has 0 saturated carbocycles.